The van der Waals surface area contributed by atoms with Gasteiger partial charge in [0.05, 0.1) is 18.1 Å². The number of nitrogens with one attached hydrogen (secondary N) is 1. The van der Waals surface area contributed by atoms with Gasteiger partial charge in [0.1, 0.15) is 5.02 Å². The minimum atomic E-state index is -0.586. The quantitative estimate of drug-likeness (QED) is 0.659. The van der Waals surface area contributed by atoms with E-state index in [0.717, 1.165) is 0 Å². The van der Waals surface area contributed by atoms with Gasteiger partial charge in [-0.3, -0.25) is 10.1 Å². The number of hydrogen-bond donors (Lipinski definition) is 1. The van der Waals surface area contributed by atoms with Crippen LogP contribution in [0.4, 0.5) is 16.2 Å². The van der Waals surface area contributed by atoms with E-state index in [9.17, 15) is 14.9 Å². The minimum Gasteiger partial charge on any atom is -0.347 e. The zero-order chi connectivity index (χ0) is 16.4. The number of benzene rings is 1. The number of carbonyl (C=O) groups excluding carboxylic acids is 1. The summed E-state index contributed by atoms with van der Waals surface area (Å²) in [6, 6.07) is 3.85. The van der Waals surface area contributed by atoms with Gasteiger partial charge in [-0.25, -0.2) is 4.79 Å². The highest BCUT2D eigenvalue weighted by Gasteiger charge is 2.40. The molecule has 2 heterocycles. The van der Waals surface area contributed by atoms with Crippen molar-refractivity contribution in [3.8, 4) is 0 Å². The SMILES string of the molecule is O=C(Nc1ccc(Cl)c([N+](=O)[O-])c1)N1CCC2(CC1)OCCO2. The number of nitro groups is 1. The van der Waals surface area contributed by atoms with Crippen molar-refractivity contribution in [3.63, 3.8) is 0 Å². The van der Waals surface area contributed by atoms with Gasteiger partial charge in [-0.1, -0.05) is 11.6 Å². The summed E-state index contributed by atoms with van der Waals surface area (Å²) in [5, 5.41) is 13.6. The number of amides is 2. The Labute approximate surface area is 137 Å². The molecule has 0 unspecified atom stereocenters. The van der Waals surface area contributed by atoms with E-state index in [0.29, 0.717) is 44.8 Å². The van der Waals surface area contributed by atoms with E-state index >= 15 is 0 Å². The second-order valence-corrected chi connectivity index (χ2v) is 5.86. The number of piperidine rings is 1. The molecule has 124 valence electrons. The lowest BCUT2D eigenvalue weighted by molar-refractivity contribution is -0.384. The van der Waals surface area contributed by atoms with Crippen molar-refractivity contribution in [2.75, 3.05) is 31.6 Å². The van der Waals surface area contributed by atoms with Gasteiger partial charge in [0, 0.05) is 37.7 Å². The summed E-state index contributed by atoms with van der Waals surface area (Å²) >= 11 is 5.75. The van der Waals surface area contributed by atoms with Crippen LogP contribution >= 0.6 is 11.6 Å². The molecule has 0 aromatic heterocycles. The second kappa shape index (κ2) is 6.31. The average molecular weight is 342 g/mol. The molecule has 0 saturated carbocycles. The topological polar surface area (TPSA) is 93.9 Å². The Morgan fingerprint density at radius 3 is 2.57 bits per heavy atom. The molecule has 1 spiro atoms. The molecular weight excluding hydrogens is 326 g/mol. The fraction of sp³-hybridized carbons (Fsp3) is 0.500. The molecule has 0 aliphatic carbocycles. The molecule has 8 nitrogen and oxygen atoms in total. The number of nitrogens with zero attached hydrogens (tertiary/aromatic N) is 2. The van der Waals surface area contributed by atoms with Crippen molar-refractivity contribution in [2.45, 2.75) is 18.6 Å². The molecule has 2 amide bonds. The van der Waals surface area contributed by atoms with Gasteiger partial charge in [-0.05, 0) is 12.1 Å². The Balaban J connectivity index is 1.61. The van der Waals surface area contributed by atoms with Crippen LogP contribution in [0.5, 0.6) is 0 Å². The average Bonchev–Trinajstić information content (AvgIpc) is 2.97. The van der Waals surface area contributed by atoms with Gasteiger partial charge >= 0.3 is 6.03 Å². The zero-order valence-corrected chi connectivity index (χ0v) is 13.0. The van der Waals surface area contributed by atoms with E-state index in [1.807, 2.05) is 0 Å². The maximum Gasteiger partial charge on any atom is 0.321 e. The van der Waals surface area contributed by atoms with Crippen molar-refractivity contribution in [2.24, 2.45) is 0 Å². The molecule has 1 aromatic carbocycles. The van der Waals surface area contributed by atoms with Gasteiger partial charge in [-0.2, -0.15) is 0 Å². The Kier molecular flexibility index (Phi) is 4.38. The Hall–Kier alpha value is -1.90. The Morgan fingerprint density at radius 2 is 1.96 bits per heavy atom. The normalized spacial score (nSPS) is 19.8. The van der Waals surface area contributed by atoms with Gasteiger partial charge < -0.3 is 19.7 Å². The van der Waals surface area contributed by atoms with E-state index in [-0.39, 0.29) is 16.7 Å². The van der Waals surface area contributed by atoms with Crippen LogP contribution in [0.15, 0.2) is 18.2 Å². The van der Waals surface area contributed by atoms with Crippen LogP contribution in [-0.4, -0.2) is 47.9 Å². The fourth-order valence-corrected chi connectivity index (χ4v) is 2.96. The van der Waals surface area contributed by atoms with E-state index in [1.165, 1.54) is 18.2 Å². The monoisotopic (exact) mass is 341 g/mol. The third-order valence-corrected chi connectivity index (χ3v) is 4.34. The highest BCUT2D eigenvalue weighted by atomic mass is 35.5. The summed E-state index contributed by atoms with van der Waals surface area (Å²) in [5.74, 6) is -0.546. The first-order chi connectivity index (χ1) is 11.0. The van der Waals surface area contributed by atoms with Gasteiger partial charge in [0.25, 0.3) is 5.69 Å². The first-order valence-electron chi connectivity index (χ1n) is 7.27. The van der Waals surface area contributed by atoms with Crippen LogP contribution < -0.4 is 5.32 Å². The summed E-state index contributed by atoms with van der Waals surface area (Å²) in [4.78, 5) is 24.2. The maximum absolute atomic E-state index is 12.3. The van der Waals surface area contributed by atoms with E-state index in [1.54, 1.807) is 4.90 Å². The number of rotatable bonds is 2. The molecule has 1 N–H and O–H groups in total. The third kappa shape index (κ3) is 3.39. The largest absolute Gasteiger partial charge is 0.347 e. The summed E-state index contributed by atoms with van der Waals surface area (Å²) in [5.41, 5.74) is 0.0922. The number of carbonyl (C=O) groups is 1. The fourth-order valence-electron chi connectivity index (χ4n) is 2.77. The zero-order valence-electron chi connectivity index (χ0n) is 12.3. The molecule has 9 heteroatoms. The van der Waals surface area contributed by atoms with Gasteiger partial charge in [-0.15, -0.1) is 0 Å². The third-order valence-electron chi connectivity index (χ3n) is 4.02. The number of hydrogen-bond acceptors (Lipinski definition) is 5. The first kappa shape index (κ1) is 16.0. The number of anilines is 1. The maximum atomic E-state index is 12.3. The van der Waals surface area contributed by atoms with Crippen LogP contribution in [-0.2, 0) is 9.47 Å². The highest BCUT2D eigenvalue weighted by molar-refractivity contribution is 6.32. The summed E-state index contributed by atoms with van der Waals surface area (Å²) in [6.07, 6.45) is 1.22. The van der Waals surface area contributed by atoms with Crippen LogP contribution in [0.2, 0.25) is 5.02 Å². The Morgan fingerprint density at radius 1 is 1.30 bits per heavy atom. The van der Waals surface area contributed by atoms with Crippen molar-refractivity contribution >= 4 is 29.0 Å². The predicted octanol–water partition coefficient (Wildman–Crippen LogP) is 2.62. The number of ether oxygens (including phenoxy) is 2. The molecule has 0 radical (unpaired) electrons. The lowest BCUT2D eigenvalue weighted by atomic mass is 10.0. The van der Waals surface area contributed by atoms with Crippen molar-refractivity contribution in [3.05, 3.63) is 33.3 Å². The van der Waals surface area contributed by atoms with Crippen molar-refractivity contribution in [1.29, 1.82) is 0 Å². The van der Waals surface area contributed by atoms with Gasteiger partial charge in [0.15, 0.2) is 5.79 Å². The first-order valence-corrected chi connectivity index (χ1v) is 7.65. The minimum absolute atomic E-state index is 0.0310. The van der Waals surface area contributed by atoms with Crippen molar-refractivity contribution < 1.29 is 19.2 Å². The molecule has 2 aliphatic heterocycles. The lowest BCUT2D eigenvalue weighted by Gasteiger charge is -2.37. The molecule has 2 aliphatic rings. The lowest BCUT2D eigenvalue weighted by Crippen LogP contribution is -2.48. The van der Waals surface area contributed by atoms with Crippen LogP contribution in [0.3, 0.4) is 0 Å². The number of nitro benzene ring substituents is 1. The van der Waals surface area contributed by atoms with Crippen molar-refractivity contribution in [1.82, 2.24) is 4.90 Å². The molecule has 3 rings (SSSR count). The van der Waals surface area contributed by atoms with Crippen LogP contribution in [0.25, 0.3) is 0 Å². The number of likely N-dealkylation sites (tertiary alicyclic amines) is 1. The van der Waals surface area contributed by atoms with E-state index < -0.39 is 10.7 Å². The molecular formula is C14H16ClN3O5. The van der Waals surface area contributed by atoms with Crippen LogP contribution in [0.1, 0.15) is 12.8 Å². The van der Waals surface area contributed by atoms with Gasteiger partial charge in [0.2, 0.25) is 0 Å². The van der Waals surface area contributed by atoms with E-state index in [2.05, 4.69) is 5.32 Å². The smallest absolute Gasteiger partial charge is 0.321 e. The molecule has 1 aromatic rings. The summed E-state index contributed by atoms with van der Waals surface area (Å²) in [6.45, 7) is 2.17. The van der Waals surface area contributed by atoms with E-state index in [4.69, 9.17) is 21.1 Å². The Bertz CT molecular complexity index is 623. The number of urea groups is 1. The van der Waals surface area contributed by atoms with Crippen LogP contribution in [0, 0.1) is 10.1 Å². The standard InChI is InChI=1S/C14H16ClN3O5/c15-11-2-1-10(9-12(11)18(20)21)16-13(19)17-5-3-14(4-6-17)22-7-8-23-14/h1-2,9H,3-8H2,(H,16,19). The highest BCUT2D eigenvalue weighted by Crippen LogP contribution is 2.32. The second-order valence-electron chi connectivity index (χ2n) is 5.45. The molecule has 0 bridgehead atoms. The molecule has 2 saturated heterocycles. The molecule has 2 fully saturated rings. The predicted molar refractivity (Wildman–Crippen MR) is 82.6 cm³/mol. The molecule has 0 atom stereocenters. The number of halogens is 1. The summed E-state index contributed by atoms with van der Waals surface area (Å²) < 4.78 is 11.2. The molecule has 23 heavy (non-hydrogen) atoms. The summed E-state index contributed by atoms with van der Waals surface area (Å²) in [7, 11) is 0.